The Morgan fingerprint density at radius 3 is 2.38 bits per heavy atom. The average molecular weight is 745 g/mol. The first-order valence-electron chi connectivity index (χ1n) is 18.8. The molecule has 3 aromatic rings. The predicted molar refractivity (Wildman–Crippen MR) is 209 cm³/mol. The van der Waals surface area contributed by atoms with Gasteiger partial charge >= 0.3 is 5.97 Å². The van der Waals surface area contributed by atoms with E-state index < -0.39 is 23.5 Å². The number of anilines is 3. The summed E-state index contributed by atoms with van der Waals surface area (Å²) in [6.07, 6.45) is 12.3. The van der Waals surface area contributed by atoms with Crippen molar-refractivity contribution in [1.82, 2.24) is 9.88 Å². The highest BCUT2D eigenvalue weighted by Crippen LogP contribution is 2.51. The monoisotopic (exact) mass is 744 g/mol. The highest BCUT2D eigenvalue weighted by atomic mass is 35.5. The van der Waals surface area contributed by atoms with Gasteiger partial charge < -0.3 is 35.1 Å². The van der Waals surface area contributed by atoms with Gasteiger partial charge in [-0.05, 0) is 83.2 Å². The number of nitriles is 1. The number of rotatable bonds is 13. The van der Waals surface area contributed by atoms with Crippen LogP contribution >= 0.6 is 11.6 Å². The van der Waals surface area contributed by atoms with Crippen LogP contribution in [0.4, 0.5) is 17.1 Å². The number of pyridine rings is 1. The van der Waals surface area contributed by atoms with Crippen molar-refractivity contribution in [2.75, 3.05) is 50.3 Å². The Balaban J connectivity index is 1.46. The van der Waals surface area contributed by atoms with Crippen LogP contribution in [0.3, 0.4) is 0 Å². The quantitative estimate of drug-likeness (QED) is 0.146. The Morgan fingerprint density at radius 1 is 1.02 bits per heavy atom. The molecule has 2 atom stereocenters. The van der Waals surface area contributed by atoms with Crippen molar-refractivity contribution >= 4 is 40.5 Å². The molecule has 1 aromatic heterocycles. The van der Waals surface area contributed by atoms with Gasteiger partial charge in [0.05, 0.1) is 59.3 Å². The molecule has 0 bridgehead atoms. The lowest BCUT2D eigenvalue weighted by Crippen LogP contribution is -2.52. The lowest BCUT2D eigenvalue weighted by atomic mass is 9.68. The number of aromatic nitrogens is 1. The first kappa shape index (κ1) is 39.7. The van der Waals surface area contributed by atoms with Gasteiger partial charge in [-0.1, -0.05) is 56.5 Å². The highest BCUT2D eigenvalue weighted by Gasteiger charge is 2.48. The molecule has 2 aromatic carbocycles. The smallest absolute Gasteiger partial charge is 0.339 e. The molecule has 53 heavy (non-hydrogen) atoms. The summed E-state index contributed by atoms with van der Waals surface area (Å²) in [6, 6.07) is 15.1. The van der Waals surface area contributed by atoms with Crippen LogP contribution in [0.1, 0.15) is 105 Å². The minimum Gasteiger partial charge on any atom is -0.492 e. The van der Waals surface area contributed by atoms with Gasteiger partial charge in [0.2, 0.25) is 5.91 Å². The van der Waals surface area contributed by atoms with Gasteiger partial charge in [0.25, 0.3) is 0 Å². The number of halogens is 1. The fourth-order valence-corrected chi connectivity index (χ4v) is 7.66. The van der Waals surface area contributed by atoms with Crippen LogP contribution in [0.15, 0.2) is 48.7 Å². The zero-order valence-corrected chi connectivity index (χ0v) is 32.2. The number of esters is 1. The molecule has 0 radical (unpaired) electrons. The second-order valence-electron chi connectivity index (χ2n) is 14.3. The summed E-state index contributed by atoms with van der Waals surface area (Å²) in [6.45, 7) is 3.34. The zero-order chi connectivity index (χ0) is 37.8. The van der Waals surface area contributed by atoms with E-state index in [-0.39, 0.29) is 12.5 Å². The third-order valence-electron chi connectivity index (χ3n) is 10.1. The van der Waals surface area contributed by atoms with Gasteiger partial charge in [0.1, 0.15) is 18.1 Å². The van der Waals surface area contributed by atoms with Crippen LogP contribution in [-0.2, 0) is 16.1 Å². The third-order valence-corrected chi connectivity index (χ3v) is 10.4. The minimum absolute atomic E-state index is 0.0846. The average Bonchev–Trinajstić information content (AvgIpc) is 3.14. The number of hydrogen-bond acceptors (Lipinski definition) is 10. The van der Waals surface area contributed by atoms with E-state index in [2.05, 4.69) is 31.9 Å². The molecule has 0 saturated heterocycles. The second kappa shape index (κ2) is 19.0. The molecule has 284 valence electrons. The van der Waals surface area contributed by atoms with Crippen LogP contribution in [-0.4, -0.2) is 61.7 Å². The van der Waals surface area contributed by atoms with Crippen LogP contribution in [0.5, 0.6) is 11.5 Å². The van der Waals surface area contributed by atoms with Crippen LogP contribution in [0, 0.1) is 17.2 Å². The number of methoxy groups -OCH3 is 1. The topological polar surface area (TPSA) is 138 Å². The Hall–Kier alpha value is -4.53. The molecule has 2 aliphatic rings. The predicted octanol–water partition coefficient (Wildman–Crippen LogP) is 8.76. The van der Waals surface area contributed by atoms with Gasteiger partial charge in [-0.2, -0.15) is 5.26 Å². The van der Waals surface area contributed by atoms with Gasteiger partial charge in [0.15, 0.2) is 0 Å². The van der Waals surface area contributed by atoms with E-state index in [0.717, 1.165) is 68.4 Å². The van der Waals surface area contributed by atoms with Crippen LogP contribution in [0.2, 0.25) is 5.02 Å². The lowest BCUT2D eigenvalue weighted by Gasteiger charge is -2.48. The van der Waals surface area contributed by atoms with Crippen molar-refractivity contribution in [3.05, 3.63) is 70.5 Å². The van der Waals surface area contributed by atoms with Crippen molar-refractivity contribution in [2.45, 2.75) is 95.7 Å². The standard InChI is InChI=1S/C41H53ClN6O5/c1-5-52-37-24-34-31(23-35(37)46-38(49)14-13-21-48(2)3)39(32(25-43)41(47-34)19-11-9-7-6-8-10-12-20-41)45-29-17-18-36(33(42)22-29)53-27-30-16-15-28(26-44-30)40(50)51-4/h15-18,22-24,26,32,39,45,47H,5-14,19-21,27H2,1-4H3,(H,46,49). The van der Waals surface area contributed by atoms with Crippen molar-refractivity contribution in [3.8, 4) is 17.6 Å². The van der Waals surface area contributed by atoms with E-state index in [1.165, 1.54) is 32.6 Å². The molecule has 1 fully saturated rings. The molecule has 1 aliphatic heterocycles. The lowest BCUT2D eigenvalue weighted by molar-refractivity contribution is -0.116. The number of carbonyl (C=O) groups excluding carboxylic acids is 2. The minimum atomic E-state index is -0.458. The zero-order valence-electron chi connectivity index (χ0n) is 31.4. The fraction of sp³-hybridized carbons (Fsp3) is 0.512. The maximum atomic E-state index is 13.1. The number of ether oxygens (including phenoxy) is 3. The summed E-state index contributed by atoms with van der Waals surface area (Å²) in [5.41, 5.74) is 3.63. The number of nitrogens with one attached hydrogen (secondary N) is 3. The Bertz CT molecular complexity index is 1730. The van der Waals surface area contributed by atoms with Gasteiger partial charge in [-0.3, -0.25) is 9.78 Å². The van der Waals surface area contributed by atoms with Crippen molar-refractivity contribution in [1.29, 1.82) is 5.26 Å². The van der Waals surface area contributed by atoms with E-state index in [0.29, 0.717) is 46.5 Å². The Kier molecular flexibility index (Phi) is 14.2. The summed E-state index contributed by atoms with van der Waals surface area (Å²) in [5, 5.41) is 22.1. The molecule has 1 aliphatic carbocycles. The molecule has 3 N–H and O–H groups in total. The number of hydrogen-bond donors (Lipinski definition) is 3. The normalized spacial score (nSPS) is 18.2. The fourth-order valence-electron chi connectivity index (χ4n) is 7.42. The molecule has 1 amide bonds. The van der Waals surface area contributed by atoms with Gasteiger partial charge in [-0.25, -0.2) is 4.79 Å². The molecular weight excluding hydrogens is 692 g/mol. The molecular formula is C41H53ClN6O5. The molecule has 1 spiro atoms. The van der Waals surface area contributed by atoms with Crippen molar-refractivity contribution in [2.24, 2.45) is 5.92 Å². The summed E-state index contributed by atoms with van der Waals surface area (Å²) >= 11 is 6.79. The van der Waals surface area contributed by atoms with E-state index in [1.807, 2.05) is 45.3 Å². The number of carbonyl (C=O) groups is 2. The Morgan fingerprint density at radius 2 is 1.75 bits per heavy atom. The van der Waals surface area contributed by atoms with E-state index >= 15 is 0 Å². The number of nitrogens with zero attached hydrogens (tertiary/aromatic N) is 3. The summed E-state index contributed by atoms with van der Waals surface area (Å²) in [4.78, 5) is 31.3. The molecule has 1 saturated carbocycles. The molecule has 5 rings (SSSR count). The van der Waals surface area contributed by atoms with Crippen LogP contribution < -0.4 is 25.4 Å². The largest absolute Gasteiger partial charge is 0.492 e. The van der Waals surface area contributed by atoms with Gasteiger partial charge in [-0.15, -0.1) is 0 Å². The summed E-state index contributed by atoms with van der Waals surface area (Å²) in [7, 11) is 5.31. The van der Waals surface area contributed by atoms with E-state index in [4.69, 9.17) is 25.8 Å². The third kappa shape index (κ3) is 10.3. The van der Waals surface area contributed by atoms with Crippen LogP contribution in [0.25, 0.3) is 0 Å². The van der Waals surface area contributed by atoms with Crippen molar-refractivity contribution < 1.29 is 23.8 Å². The molecule has 11 nitrogen and oxygen atoms in total. The van der Waals surface area contributed by atoms with Gasteiger partial charge in [0, 0.05) is 35.6 Å². The number of amides is 1. The summed E-state index contributed by atoms with van der Waals surface area (Å²) < 4.78 is 16.9. The van der Waals surface area contributed by atoms with Crippen molar-refractivity contribution in [3.63, 3.8) is 0 Å². The first-order chi connectivity index (χ1) is 25.7. The highest BCUT2D eigenvalue weighted by molar-refractivity contribution is 6.32. The maximum Gasteiger partial charge on any atom is 0.339 e. The SMILES string of the molecule is CCOc1cc2c(cc1NC(=O)CCCN(C)C)C(Nc1ccc(OCc3ccc(C(=O)OC)cn3)c(Cl)c1)C(C#N)C1(CCCCCCCCC1)N2. The van der Waals surface area contributed by atoms with E-state index in [1.54, 1.807) is 18.2 Å². The Labute approximate surface area is 318 Å². The number of benzene rings is 2. The second-order valence-corrected chi connectivity index (χ2v) is 14.7. The molecule has 12 heteroatoms. The van der Waals surface area contributed by atoms with E-state index in [9.17, 15) is 14.9 Å². The number of fused-ring (bicyclic) bond motifs is 1. The summed E-state index contributed by atoms with van der Waals surface area (Å²) in [5.74, 6) is 0.109. The maximum absolute atomic E-state index is 13.1. The molecule has 2 unspecified atom stereocenters. The first-order valence-corrected chi connectivity index (χ1v) is 19.2. The molecule has 2 heterocycles.